The maximum atomic E-state index is 13.1. The molecule has 0 aromatic heterocycles. The Bertz CT molecular complexity index is 920. The Hall–Kier alpha value is -3.06. The van der Waals surface area contributed by atoms with E-state index in [0.29, 0.717) is 12.3 Å². The largest absolute Gasteiger partial charge is 0.497 e. The van der Waals surface area contributed by atoms with Gasteiger partial charge in [0, 0.05) is 13.1 Å². The van der Waals surface area contributed by atoms with Gasteiger partial charge in [0.1, 0.15) is 23.4 Å². The van der Waals surface area contributed by atoms with Crippen molar-refractivity contribution in [1.29, 1.82) is 0 Å². The second-order valence-corrected chi connectivity index (χ2v) is 8.16. The minimum Gasteiger partial charge on any atom is -0.497 e. The molecule has 2 aromatic carbocycles. The van der Waals surface area contributed by atoms with Gasteiger partial charge in [-0.3, -0.25) is 14.5 Å². The summed E-state index contributed by atoms with van der Waals surface area (Å²) in [6, 6.07) is 14.3. The number of likely N-dealkylation sites (tertiary alicyclic amines) is 1. The van der Waals surface area contributed by atoms with E-state index in [0.717, 1.165) is 49.6 Å². The SMILES string of the molecule is CCCOc1ccc(N2C(=O)C[C@H](N3CCC(Oc4ccc(OC)cc4)CC3)C2=O)cc1. The molecule has 2 aliphatic heterocycles. The van der Waals surface area contributed by atoms with Gasteiger partial charge in [0.05, 0.1) is 31.9 Å². The van der Waals surface area contributed by atoms with Crippen LogP contribution in [0.15, 0.2) is 48.5 Å². The zero-order chi connectivity index (χ0) is 22.5. The molecule has 2 saturated heterocycles. The number of carbonyl (C=O) groups is 2. The fourth-order valence-electron chi connectivity index (χ4n) is 4.24. The molecule has 0 N–H and O–H groups in total. The Labute approximate surface area is 188 Å². The molecule has 170 valence electrons. The number of ether oxygens (including phenoxy) is 3. The van der Waals surface area contributed by atoms with Crippen molar-refractivity contribution in [3.63, 3.8) is 0 Å². The van der Waals surface area contributed by atoms with Crippen molar-refractivity contribution in [2.24, 2.45) is 0 Å². The third kappa shape index (κ3) is 4.88. The first kappa shape index (κ1) is 22.1. The van der Waals surface area contributed by atoms with Crippen LogP contribution in [-0.4, -0.2) is 55.7 Å². The molecule has 0 radical (unpaired) electrons. The van der Waals surface area contributed by atoms with E-state index in [9.17, 15) is 9.59 Å². The molecule has 2 aliphatic rings. The number of imide groups is 1. The summed E-state index contributed by atoms with van der Waals surface area (Å²) in [5, 5.41) is 0. The summed E-state index contributed by atoms with van der Waals surface area (Å²) in [4.78, 5) is 29.2. The molecule has 7 nitrogen and oxygen atoms in total. The van der Waals surface area contributed by atoms with Gasteiger partial charge in [-0.25, -0.2) is 4.90 Å². The van der Waals surface area contributed by atoms with Gasteiger partial charge >= 0.3 is 0 Å². The van der Waals surface area contributed by atoms with E-state index in [4.69, 9.17) is 14.2 Å². The summed E-state index contributed by atoms with van der Waals surface area (Å²) in [5.41, 5.74) is 0.601. The van der Waals surface area contributed by atoms with Crippen LogP contribution >= 0.6 is 0 Å². The van der Waals surface area contributed by atoms with E-state index < -0.39 is 6.04 Å². The van der Waals surface area contributed by atoms with E-state index in [1.165, 1.54) is 4.90 Å². The average Bonchev–Trinajstić information content (AvgIpc) is 3.13. The van der Waals surface area contributed by atoms with Crippen LogP contribution in [-0.2, 0) is 9.59 Å². The Balaban J connectivity index is 1.33. The van der Waals surface area contributed by atoms with Crippen molar-refractivity contribution in [2.45, 2.75) is 44.8 Å². The molecular formula is C25H30N2O5. The van der Waals surface area contributed by atoms with Crippen LogP contribution in [0, 0.1) is 0 Å². The monoisotopic (exact) mass is 438 g/mol. The standard InChI is InChI=1S/C25H30N2O5/c1-3-16-31-20-6-4-18(5-7-20)27-24(28)17-23(25(27)29)26-14-12-22(13-15-26)32-21-10-8-19(30-2)9-11-21/h4-11,22-23H,3,12-17H2,1-2H3/t23-/m0/s1. The second-order valence-electron chi connectivity index (χ2n) is 8.16. The zero-order valence-corrected chi connectivity index (χ0v) is 18.7. The lowest BCUT2D eigenvalue weighted by molar-refractivity contribution is -0.123. The highest BCUT2D eigenvalue weighted by Gasteiger charge is 2.43. The predicted octanol–water partition coefficient (Wildman–Crippen LogP) is 3.66. The van der Waals surface area contributed by atoms with Crippen LogP contribution in [0.3, 0.4) is 0 Å². The van der Waals surface area contributed by atoms with Crippen LogP contribution in [0.2, 0.25) is 0 Å². The molecule has 0 saturated carbocycles. The lowest BCUT2D eigenvalue weighted by Crippen LogP contribution is -2.47. The lowest BCUT2D eigenvalue weighted by atomic mass is 10.0. The minimum atomic E-state index is -0.402. The van der Waals surface area contributed by atoms with Gasteiger partial charge in [-0.2, -0.15) is 0 Å². The van der Waals surface area contributed by atoms with Gasteiger partial charge in [-0.15, -0.1) is 0 Å². The van der Waals surface area contributed by atoms with E-state index in [1.54, 1.807) is 31.4 Å². The Morgan fingerprint density at radius 3 is 2.16 bits per heavy atom. The molecule has 0 bridgehead atoms. The smallest absolute Gasteiger partial charge is 0.251 e. The molecular weight excluding hydrogens is 408 g/mol. The zero-order valence-electron chi connectivity index (χ0n) is 18.7. The van der Waals surface area contributed by atoms with Crippen molar-refractivity contribution in [1.82, 2.24) is 4.90 Å². The summed E-state index contributed by atoms with van der Waals surface area (Å²) in [6.45, 7) is 4.13. The molecule has 32 heavy (non-hydrogen) atoms. The summed E-state index contributed by atoms with van der Waals surface area (Å²) < 4.78 is 16.9. The molecule has 2 heterocycles. The van der Waals surface area contributed by atoms with Gasteiger partial charge in [-0.05, 0) is 67.8 Å². The van der Waals surface area contributed by atoms with Crippen molar-refractivity contribution in [3.8, 4) is 17.2 Å². The van der Waals surface area contributed by atoms with Gasteiger partial charge < -0.3 is 14.2 Å². The summed E-state index contributed by atoms with van der Waals surface area (Å²) >= 11 is 0. The Morgan fingerprint density at radius 1 is 0.906 bits per heavy atom. The molecule has 2 amide bonds. The van der Waals surface area contributed by atoms with Crippen molar-refractivity contribution < 1.29 is 23.8 Å². The highest BCUT2D eigenvalue weighted by molar-refractivity contribution is 6.22. The fraction of sp³-hybridized carbons (Fsp3) is 0.440. The maximum Gasteiger partial charge on any atom is 0.251 e. The number of amides is 2. The molecule has 2 aromatic rings. The van der Waals surface area contributed by atoms with Crippen molar-refractivity contribution in [2.75, 3.05) is 31.7 Å². The van der Waals surface area contributed by atoms with Crippen molar-refractivity contribution >= 4 is 17.5 Å². The number of anilines is 1. The number of methoxy groups -OCH3 is 1. The highest BCUT2D eigenvalue weighted by atomic mass is 16.5. The van der Waals surface area contributed by atoms with E-state index in [-0.39, 0.29) is 24.3 Å². The lowest BCUT2D eigenvalue weighted by Gasteiger charge is -2.34. The molecule has 4 rings (SSSR count). The predicted molar refractivity (Wildman–Crippen MR) is 121 cm³/mol. The van der Waals surface area contributed by atoms with Gasteiger partial charge in [0.25, 0.3) is 5.91 Å². The number of benzene rings is 2. The molecule has 0 aliphatic carbocycles. The van der Waals surface area contributed by atoms with Crippen LogP contribution in [0.1, 0.15) is 32.6 Å². The fourth-order valence-corrected chi connectivity index (χ4v) is 4.24. The van der Waals surface area contributed by atoms with E-state index in [2.05, 4.69) is 4.90 Å². The second kappa shape index (κ2) is 10.0. The topological polar surface area (TPSA) is 68.3 Å². The third-order valence-corrected chi connectivity index (χ3v) is 5.97. The van der Waals surface area contributed by atoms with Gasteiger partial charge in [0.2, 0.25) is 5.91 Å². The first-order valence-electron chi connectivity index (χ1n) is 11.2. The molecule has 2 fully saturated rings. The number of rotatable bonds is 8. The molecule has 0 spiro atoms. The van der Waals surface area contributed by atoms with Crippen molar-refractivity contribution in [3.05, 3.63) is 48.5 Å². The number of piperidine rings is 1. The number of carbonyl (C=O) groups excluding carboxylic acids is 2. The van der Waals surface area contributed by atoms with E-state index >= 15 is 0 Å². The first-order chi connectivity index (χ1) is 15.6. The summed E-state index contributed by atoms with van der Waals surface area (Å²) in [5.74, 6) is 2.05. The maximum absolute atomic E-state index is 13.1. The van der Waals surface area contributed by atoms with Crippen LogP contribution in [0.5, 0.6) is 17.2 Å². The van der Waals surface area contributed by atoms with Gasteiger partial charge in [0.15, 0.2) is 0 Å². The Kier molecular flexibility index (Phi) is 6.95. The van der Waals surface area contributed by atoms with Crippen LogP contribution in [0.25, 0.3) is 0 Å². The molecule has 7 heteroatoms. The first-order valence-corrected chi connectivity index (χ1v) is 11.2. The molecule has 0 unspecified atom stereocenters. The number of hydrogen-bond donors (Lipinski definition) is 0. The quantitative estimate of drug-likeness (QED) is 0.586. The summed E-state index contributed by atoms with van der Waals surface area (Å²) in [7, 11) is 1.64. The normalized spacial score (nSPS) is 19.9. The number of nitrogens with zero attached hydrogens (tertiary/aromatic N) is 2. The Morgan fingerprint density at radius 2 is 1.53 bits per heavy atom. The highest BCUT2D eigenvalue weighted by Crippen LogP contribution is 2.29. The van der Waals surface area contributed by atoms with E-state index in [1.807, 2.05) is 31.2 Å². The number of hydrogen-bond acceptors (Lipinski definition) is 6. The molecule has 1 atom stereocenters. The third-order valence-electron chi connectivity index (χ3n) is 5.97. The van der Waals surface area contributed by atoms with Gasteiger partial charge in [-0.1, -0.05) is 6.92 Å². The summed E-state index contributed by atoms with van der Waals surface area (Å²) in [6.07, 6.45) is 2.87. The van der Waals surface area contributed by atoms with Crippen LogP contribution in [0.4, 0.5) is 5.69 Å². The minimum absolute atomic E-state index is 0.0959. The average molecular weight is 439 g/mol. The van der Waals surface area contributed by atoms with Crippen LogP contribution < -0.4 is 19.1 Å².